The van der Waals surface area contributed by atoms with Gasteiger partial charge in [-0.25, -0.2) is 0 Å². The first-order valence-corrected chi connectivity index (χ1v) is 9.20. The quantitative estimate of drug-likeness (QED) is 0.718. The Morgan fingerprint density at radius 2 is 1.88 bits per heavy atom. The van der Waals surface area contributed by atoms with Crippen LogP contribution in [0.4, 0.5) is 0 Å². The molecule has 3 nitrogen and oxygen atoms in total. The summed E-state index contributed by atoms with van der Waals surface area (Å²) in [4.78, 5) is 14.5. The maximum atomic E-state index is 12.6. The molecule has 1 saturated heterocycles. The minimum Gasteiger partial charge on any atom is -0.373 e. The highest BCUT2D eigenvalue weighted by Gasteiger charge is 2.25. The summed E-state index contributed by atoms with van der Waals surface area (Å²) in [6.45, 7) is 2.01. The molecule has 1 amide bonds. The van der Waals surface area contributed by atoms with Crippen molar-refractivity contribution in [2.75, 3.05) is 13.1 Å². The molecule has 5 heteroatoms. The topological polar surface area (TPSA) is 29.5 Å². The average molecular weight is 409 g/mol. The summed E-state index contributed by atoms with van der Waals surface area (Å²) in [7, 11) is 0. The maximum Gasteiger partial charge on any atom is 0.255 e. The lowest BCUT2D eigenvalue weighted by Gasteiger charge is -2.32. The number of likely N-dealkylation sites (tertiary alicyclic amines) is 1. The van der Waals surface area contributed by atoms with Crippen molar-refractivity contribution >= 4 is 33.4 Å². The summed E-state index contributed by atoms with van der Waals surface area (Å²) in [6.07, 6.45) is 1.90. The second-order valence-corrected chi connectivity index (χ2v) is 7.24. The predicted molar refractivity (Wildman–Crippen MR) is 99.3 cm³/mol. The molecule has 24 heavy (non-hydrogen) atoms. The van der Waals surface area contributed by atoms with E-state index in [0.29, 0.717) is 30.3 Å². The number of rotatable bonds is 4. The van der Waals surface area contributed by atoms with Crippen LogP contribution in [0.1, 0.15) is 28.8 Å². The van der Waals surface area contributed by atoms with Crippen molar-refractivity contribution < 1.29 is 9.53 Å². The van der Waals surface area contributed by atoms with Crippen molar-refractivity contribution in [2.45, 2.75) is 25.6 Å². The highest BCUT2D eigenvalue weighted by molar-refractivity contribution is 9.10. The normalized spacial score (nSPS) is 15.5. The van der Waals surface area contributed by atoms with Crippen molar-refractivity contribution in [3.63, 3.8) is 0 Å². The number of piperidine rings is 1. The van der Waals surface area contributed by atoms with Gasteiger partial charge in [0.15, 0.2) is 0 Å². The van der Waals surface area contributed by atoms with Crippen molar-refractivity contribution in [3.8, 4) is 0 Å². The largest absolute Gasteiger partial charge is 0.373 e. The first-order valence-electron chi connectivity index (χ1n) is 8.03. The fourth-order valence-corrected chi connectivity index (χ4v) is 3.41. The Bertz CT molecular complexity index is 700. The standard InChI is InChI=1S/C19H19BrClNO2/c20-15-6-7-18(21)17(12-15)19(23)22-10-8-16(9-11-22)24-13-14-4-2-1-3-5-14/h1-7,12,16H,8-11,13H2. The number of carbonyl (C=O) groups excluding carboxylic acids is 1. The lowest BCUT2D eigenvalue weighted by atomic mass is 10.1. The van der Waals surface area contributed by atoms with Gasteiger partial charge in [-0.15, -0.1) is 0 Å². The van der Waals surface area contributed by atoms with Gasteiger partial charge in [-0.1, -0.05) is 57.9 Å². The molecule has 0 spiro atoms. The van der Waals surface area contributed by atoms with Crippen molar-refractivity contribution in [2.24, 2.45) is 0 Å². The Labute approximate surface area is 155 Å². The average Bonchev–Trinajstić information content (AvgIpc) is 2.63. The molecule has 1 aliphatic heterocycles. The Hall–Kier alpha value is -1.36. The zero-order chi connectivity index (χ0) is 16.9. The third-order valence-corrected chi connectivity index (χ3v) is 5.04. The van der Waals surface area contributed by atoms with Crippen LogP contribution in [0.15, 0.2) is 53.0 Å². The van der Waals surface area contributed by atoms with E-state index in [1.807, 2.05) is 29.2 Å². The summed E-state index contributed by atoms with van der Waals surface area (Å²) >= 11 is 9.56. The van der Waals surface area contributed by atoms with Gasteiger partial charge >= 0.3 is 0 Å². The van der Waals surface area contributed by atoms with Gasteiger partial charge in [-0.3, -0.25) is 4.79 Å². The summed E-state index contributed by atoms with van der Waals surface area (Å²) in [5, 5.41) is 0.491. The summed E-state index contributed by atoms with van der Waals surface area (Å²) in [6, 6.07) is 15.5. The Kier molecular flexibility index (Phi) is 5.93. The molecule has 2 aromatic rings. The van der Waals surface area contributed by atoms with Crippen LogP contribution in [0.5, 0.6) is 0 Å². The van der Waals surface area contributed by atoms with Gasteiger partial charge < -0.3 is 9.64 Å². The minimum atomic E-state index is -0.0113. The van der Waals surface area contributed by atoms with E-state index in [1.54, 1.807) is 12.1 Å². The third-order valence-electron chi connectivity index (χ3n) is 4.22. The van der Waals surface area contributed by atoms with Gasteiger partial charge in [0.2, 0.25) is 0 Å². The molecule has 0 aliphatic carbocycles. The molecular weight excluding hydrogens is 390 g/mol. The molecule has 0 N–H and O–H groups in total. The van der Waals surface area contributed by atoms with E-state index in [0.717, 1.165) is 17.3 Å². The van der Waals surface area contributed by atoms with Crippen molar-refractivity contribution in [1.82, 2.24) is 4.90 Å². The predicted octanol–water partition coefficient (Wildman–Crippen LogP) is 4.92. The molecule has 0 saturated carbocycles. The molecule has 0 atom stereocenters. The van der Waals surface area contributed by atoms with E-state index in [1.165, 1.54) is 5.56 Å². The zero-order valence-electron chi connectivity index (χ0n) is 13.3. The molecular formula is C19H19BrClNO2. The maximum absolute atomic E-state index is 12.6. The van der Waals surface area contributed by atoms with Gasteiger partial charge in [0.25, 0.3) is 5.91 Å². The Balaban J connectivity index is 1.53. The molecule has 1 fully saturated rings. The summed E-state index contributed by atoms with van der Waals surface area (Å²) in [5.74, 6) is -0.0113. The molecule has 0 unspecified atom stereocenters. The van der Waals surface area contributed by atoms with Crippen LogP contribution in [-0.2, 0) is 11.3 Å². The Morgan fingerprint density at radius 3 is 2.58 bits per heavy atom. The summed E-state index contributed by atoms with van der Waals surface area (Å²) in [5.41, 5.74) is 1.73. The summed E-state index contributed by atoms with van der Waals surface area (Å²) < 4.78 is 6.83. The smallest absolute Gasteiger partial charge is 0.255 e. The van der Waals surface area contributed by atoms with Crippen LogP contribution in [-0.4, -0.2) is 30.0 Å². The van der Waals surface area contributed by atoms with E-state index in [4.69, 9.17) is 16.3 Å². The highest BCUT2D eigenvalue weighted by Crippen LogP contribution is 2.24. The monoisotopic (exact) mass is 407 g/mol. The second-order valence-electron chi connectivity index (χ2n) is 5.91. The Morgan fingerprint density at radius 1 is 1.17 bits per heavy atom. The van der Waals surface area contributed by atoms with Crippen molar-refractivity contribution in [3.05, 3.63) is 69.2 Å². The highest BCUT2D eigenvalue weighted by atomic mass is 79.9. The molecule has 0 aromatic heterocycles. The zero-order valence-corrected chi connectivity index (χ0v) is 15.6. The molecule has 126 valence electrons. The molecule has 3 rings (SSSR count). The molecule has 1 heterocycles. The lowest BCUT2D eigenvalue weighted by molar-refractivity contribution is -0.000376. The fraction of sp³-hybridized carbons (Fsp3) is 0.316. The third kappa shape index (κ3) is 4.38. The van der Waals surface area contributed by atoms with E-state index in [9.17, 15) is 4.79 Å². The first-order chi connectivity index (χ1) is 11.6. The first kappa shape index (κ1) is 17.5. The number of benzene rings is 2. The van der Waals surface area contributed by atoms with Crippen LogP contribution in [0, 0.1) is 0 Å². The number of ether oxygens (including phenoxy) is 1. The van der Waals surface area contributed by atoms with Crippen LogP contribution in [0.3, 0.4) is 0 Å². The van der Waals surface area contributed by atoms with Gasteiger partial charge in [0, 0.05) is 17.6 Å². The van der Waals surface area contributed by atoms with Gasteiger partial charge in [-0.05, 0) is 36.6 Å². The molecule has 0 bridgehead atoms. The molecule has 2 aromatic carbocycles. The minimum absolute atomic E-state index is 0.0113. The number of amides is 1. The van der Waals surface area contributed by atoms with Crippen LogP contribution in [0.2, 0.25) is 5.02 Å². The van der Waals surface area contributed by atoms with Crippen LogP contribution < -0.4 is 0 Å². The van der Waals surface area contributed by atoms with Gasteiger partial charge in [0.05, 0.1) is 23.3 Å². The SMILES string of the molecule is O=C(c1cc(Br)ccc1Cl)N1CCC(OCc2ccccc2)CC1. The number of hydrogen-bond acceptors (Lipinski definition) is 2. The van der Waals surface area contributed by atoms with Crippen molar-refractivity contribution in [1.29, 1.82) is 0 Å². The number of nitrogens with zero attached hydrogens (tertiary/aromatic N) is 1. The molecule has 1 aliphatic rings. The van der Waals surface area contributed by atoms with Crippen LogP contribution >= 0.6 is 27.5 Å². The van der Waals surface area contributed by atoms with Crippen LogP contribution in [0.25, 0.3) is 0 Å². The van der Waals surface area contributed by atoms with E-state index in [2.05, 4.69) is 28.1 Å². The number of halogens is 2. The lowest BCUT2D eigenvalue weighted by Crippen LogP contribution is -2.41. The van der Waals surface area contributed by atoms with Gasteiger partial charge in [-0.2, -0.15) is 0 Å². The fourth-order valence-electron chi connectivity index (χ4n) is 2.85. The number of hydrogen-bond donors (Lipinski definition) is 0. The van der Waals surface area contributed by atoms with E-state index < -0.39 is 0 Å². The number of carbonyl (C=O) groups is 1. The second kappa shape index (κ2) is 8.15. The van der Waals surface area contributed by atoms with Gasteiger partial charge in [0.1, 0.15) is 0 Å². The molecule has 0 radical (unpaired) electrons. The van der Waals surface area contributed by atoms with E-state index in [-0.39, 0.29) is 12.0 Å². The van der Waals surface area contributed by atoms with E-state index >= 15 is 0 Å².